The molecule has 0 saturated heterocycles. The fraction of sp³-hybridized carbons (Fsp3) is 0.333. The molecule has 0 spiro atoms. The molecule has 0 aromatic heterocycles. The SMILES string of the molecule is CC.CP(=O)(O)c1ccccc1. The van der Waals surface area contributed by atoms with Crippen molar-refractivity contribution in [3.8, 4) is 0 Å². The van der Waals surface area contributed by atoms with E-state index in [9.17, 15) is 4.57 Å². The van der Waals surface area contributed by atoms with Crippen molar-refractivity contribution < 1.29 is 9.46 Å². The molecule has 1 unspecified atom stereocenters. The van der Waals surface area contributed by atoms with Gasteiger partial charge in [0.25, 0.3) is 0 Å². The first kappa shape index (κ1) is 11.4. The standard InChI is InChI=1S/C7H9O2P.C2H6/c1-10(8,9)7-5-3-2-4-6-7;1-2/h2-6H,1H3,(H,8,9);1-2H3. The van der Waals surface area contributed by atoms with Gasteiger partial charge in [-0.15, -0.1) is 0 Å². The minimum Gasteiger partial charge on any atom is -0.341 e. The highest BCUT2D eigenvalue weighted by Crippen LogP contribution is 2.33. The van der Waals surface area contributed by atoms with Crippen LogP contribution in [-0.4, -0.2) is 11.6 Å². The van der Waals surface area contributed by atoms with E-state index in [2.05, 4.69) is 0 Å². The Morgan fingerprint density at radius 3 is 1.83 bits per heavy atom. The van der Waals surface area contributed by atoms with Crippen LogP contribution in [0.1, 0.15) is 13.8 Å². The van der Waals surface area contributed by atoms with E-state index in [0.29, 0.717) is 5.30 Å². The Kier molecular flexibility index (Phi) is 4.87. The van der Waals surface area contributed by atoms with Gasteiger partial charge >= 0.3 is 0 Å². The molecule has 12 heavy (non-hydrogen) atoms. The topological polar surface area (TPSA) is 37.3 Å². The highest BCUT2D eigenvalue weighted by atomic mass is 31.2. The van der Waals surface area contributed by atoms with E-state index >= 15 is 0 Å². The number of benzene rings is 1. The van der Waals surface area contributed by atoms with Gasteiger partial charge < -0.3 is 4.89 Å². The molecule has 0 fully saturated rings. The lowest BCUT2D eigenvalue weighted by molar-refractivity contribution is 0.496. The molecular formula is C9H15O2P. The first-order valence-corrected chi connectivity index (χ1v) is 6.07. The minimum absolute atomic E-state index is 0.509. The summed E-state index contributed by atoms with van der Waals surface area (Å²) in [5, 5.41) is 0.509. The van der Waals surface area contributed by atoms with Crippen LogP contribution >= 0.6 is 7.37 Å². The van der Waals surface area contributed by atoms with Gasteiger partial charge in [-0.2, -0.15) is 0 Å². The maximum atomic E-state index is 11.0. The molecular weight excluding hydrogens is 171 g/mol. The largest absolute Gasteiger partial charge is 0.341 e. The van der Waals surface area contributed by atoms with Crippen molar-refractivity contribution in [2.24, 2.45) is 0 Å². The fourth-order valence-corrected chi connectivity index (χ4v) is 1.43. The van der Waals surface area contributed by atoms with Crippen molar-refractivity contribution in [3.63, 3.8) is 0 Å². The van der Waals surface area contributed by atoms with Gasteiger partial charge in [0.1, 0.15) is 0 Å². The van der Waals surface area contributed by atoms with Gasteiger partial charge in [0.05, 0.1) is 0 Å². The second-order valence-corrected chi connectivity index (χ2v) is 4.49. The molecule has 0 aliphatic carbocycles. The average Bonchev–Trinajstić information content (AvgIpc) is 2.08. The summed E-state index contributed by atoms with van der Waals surface area (Å²) in [6.45, 7) is 5.34. The van der Waals surface area contributed by atoms with Crippen molar-refractivity contribution >= 4 is 12.7 Å². The summed E-state index contributed by atoms with van der Waals surface area (Å²) >= 11 is 0. The lowest BCUT2D eigenvalue weighted by Crippen LogP contribution is -2.00. The van der Waals surface area contributed by atoms with Gasteiger partial charge in [-0.3, -0.25) is 4.57 Å². The van der Waals surface area contributed by atoms with Gasteiger partial charge in [-0.1, -0.05) is 32.0 Å². The van der Waals surface area contributed by atoms with Crippen molar-refractivity contribution in [3.05, 3.63) is 30.3 Å². The zero-order valence-corrected chi connectivity index (χ0v) is 8.58. The number of hydrogen-bond donors (Lipinski definition) is 1. The zero-order chi connectivity index (χ0) is 9.61. The zero-order valence-electron chi connectivity index (χ0n) is 7.69. The molecule has 1 aromatic rings. The molecule has 2 nitrogen and oxygen atoms in total. The predicted molar refractivity (Wildman–Crippen MR) is 53.2 cm³/mol. The highest BCUT2D eigenvalue weighted by molar-refractivity contribution is 7.65. The molecule has 68 valence electrons. The molecule has 0 bridgehead atoms. The maximum absolute atomic E-state index is 11.0. The summed E-state index contributed by atoms with van der Waals surface area (Å²) in [7, 11) is -3.02. The highest BCUT2D eigenvalue weighted by Gasteiger charge is 2.10. The number of rotatable bonds is 1. The first-order chi connectivity index (χ1) is 5.61. The van der Waals surface area contributed by atoms with Crippen LogP contribution in [0.5, 0.6) is 0 Å². The normalized spacial score (nSPS) is 14.0. The Bertz CT molecular complexity index is 250. The Balaban J connectivity index is 0.000000561. The van der Waals surface area contributed by atoms with Crippen LogP contribution in [-0.2, 0) is 4.57 Å². The van der Waals surface area contributed by atoms with E-state index in [1.807, 2.05) is 19.9 Å². The van der Waals surface area contributed by atoms with Crippen LogP contribution in [0, 0.1) is 0 Å². The lowest BCUT2D eigenvalue weighted by atomic mass is 10.4. The molecule has 0 aliphatic heterocycles. The summed E-state index contributed by atoms with van der Waals surface area (Å²) < 4.78 is 11.0. The Labute approximate surface area is 73.7 Å². The van der Waals surface area contributed by atoms with Gasteiger partial charge in [-0.05, 0) is 12.1 Å². The van der Waals surface area contributed by atoms with Crippen molar-refractivity contribution in [2.75, 3.05) is 6.66 Å². The van der Waals surface area contributed by atoms with Crippen LogP contribution < -0.4 is 5.30 Å². The third kappa shape index (κ3) is 3.70. The van der Waals surface area contributed by atoms with E-state index < -0.39 is 7.37 Å². The van der Waals surface area contributed by atoms with Crippen LogP contribution in [0.2, 0.25) is 0 Å². The molecule has 0 heterocycles. The van der Waals surface area contributed by atoms with Crippen molar-refractivity contribution in [1.29, 1.82) is 0 Å². The molecule has 1 aromatic carbocycles. The molecule has 1 rings (SSSR count). The lowest BCUT2D eigenvalue weighted by Gasteiger charge is -2.02. The molecule has 3 heteroatoms. The molecule has 1 N–H and O–H groups in total. The minimum atomic E-state index is -3.02. The third-order valence-electron chi connectivity index (χ3n) is 1.24. The number of hydrogen-bond acceptors (Lipinski definition) is 1. The van der Waals surface area contributed by atoms with Crippen LogP contribution in [0.4, 0.5) is 0 Å². The first-order valence-electron chi connectivity index (χ1n) is 3.96. The van der Waals surface area contributed by atoms with Gasteiger partial charge in [0, 0.05) is 12.0 Å². The predicted octanol–water partition coefficient (Wildman–Crippen LogP) is 2.24. The van der Waals surface area contributed by atoms with E-state index in [-0.39, 0.29) is 0 Å². The molecule has 0 amide bonds. The molecule has 1 atom stereocenters. The molecule has 0 saturated carbocycles. The second kappa shape index (κ2) is 5.13. The van der Waals surface area contributed by atoms with E-state index in [1.54, 1.807) is 24.3 Å². The van der Waals surface area contributed by atoms with Gasteiger partial charge in [-0.25, -0.2) is 0 Å². The molecule has 0 aliphatic rings. The molecule has 0 radical (unpaired) electrons. The summed E-state index contributed by atoms with van der Waals surface area (Å²) in [6.07, 6.45) is 0. The Morgan fingerprint density at radius 1 is 1.17 bits per heavy atom. The van der Waals surface area contributed by atoms with Crippen molar-refractivity contribution in [1.82, 2.24) is 0 Å². The summed E-state index contributed by atoms with van der Waals surface area (Å²) in [5.41, 5.74) is 0. The average molecular weight is 186 g/mol. The summed E-state index contributed by atoms with van der Waals surface area (Å²) in [5.74, 6) is 0. The second-order valence-electron chi connectivity index (χ2n) is 2.21. The smallest absolute Gasteiger partial charge is 0.226 e. The van der Waals surface area contributed by atoms with Crippen LogP contribution in [0.25, 0.3) is 0 Å². The summed E-state index contributed by atoms with van der Waals surface area (Å²) in [4.78, 5) is 9.04. The van der Waals surface area contributed by atoms with Gasteiger partial charge in [0.15, 0.2) is 0 Å². The monoisotopic (exact) mass is 186 g/mol. The third-order valence-corrected chi connectivity index (χ3v) is 2.49. The summed E-state index contributed by atoms with van der Waals surface area (Å²) in [6, 6.07) is 8.63. The fourth-order valence-electron chi connectivity index (χ4n) is 0.705. The quantitative estimate of drug-likeness (QED) is 0.683. The maximum Gasteiger partial charge on any atom is 0.226 e. The Morgan fingerprint density at radius 2 is 1.58 bits per heavy atom. The van der Waals surface area contributed by atoms with Crippen molar-refractivity contribution in [2.45, 2.75) is 13.8 Å². The van der Waals surface area contributed by atoms with Gasteiger partial charge in [0.2, 0.25) is 7.37 Å². The van der Waals surface area contributed by atoms with E-state index in [4.69, 9.17) is 4.89 Å². The van der Waals surface area contributed by atoms with E-state index in [0.717, 1.165) is 0 Å². The Hall–Kier alpha value is -0.590. The van der Waals surface area contributed by atoms with Crippen LogP contribution in [0.15, 0.2) is 30.3 Å². The van der Waals surface area contributed by atoms with Crippen LogP contribution in [0.3, 0.4) is 0 Å². The van der Waals surface area contributed by atoms with E-state index in [1.165, 1.54) is 6.66 Å².